The topological polar surface area (TPSA) is 122 Å². The second-order valence-corrected chi connectivity index (χ2v) is 7.76. The number of carbonyl (C=O) groups is 1. The molecule has 0 aromatic carbocycles. The minimum Gasteiger partial charge on any atom is -0.419 e. The second kappa shape index (κ2) is 9.79. The van der Waals surface area contributed by atoms with Crippen LogP contribution in [0.3, 0.4) is 0 Å². The smallest absolute Gasteiger partial charge is 0.419 e. The minimum absolute atomic E-state index is 0.00783. The first kappa shape index (κ1) is 25.5. The number of nitrogens with one attached hydrogen (secondary N) is 1. The first-order valence-electron chi connectivity index (χ1n) is 10.6. The lowest BCUT2D eigenvalue weighted by molar-refractivity contribution is -0.152. The highest BCUT2D eigenvalue weighted by molar-refractivity contribution is 5.80. The van der Waals surface area contributed by atoms with E-state index in [2.05, 4.69) is 15.2 Å². The molecule has 4 rings (SSSR count). The zero-order valence-electron chi connectivity index (χ0n) is 18.4. The van der Waals surface area contributed by atoms with Crippen LogP contribution < -0.4 is 10.5 Å². The van der Waals surface area contributed by atoms with Crippen LogP contribution >= 0.6 is 0 Å². The number of halogens is 6. The van der Waals surface area contributed by atoms with Gasteiger partial charge >= 0.3 is 12.4 Å². The van der Waals surface area contributed by atoms with Gasteiger partial charge in [-0.05, 0) is 0 Å². The van der Waals surface area contributed by atoms with Crippen LogP contribution in [0.4, 0.5) is 32.4 Å². The summed E-state index contributed by atoms with van der Waals surface area (Å²) < 4.78 is 88.7. The molecular weight excluding hydrogens is 504 g/mol. The van der Waals surface area contributed by atoms with E-state index >= 15 is 0 Å². The molecule has 0 saturated carbocycles. The number of fused-ring (bicyclic) bond motifs is 1. The van der Waals surface area contributed by atoms with E-state index in [0.717, 1.165) is 10.9 Å². The molecule has 1 saturated heterocycles. The predicted octanol–water partition coefficient (Wildman–Crippen LogP) is 1.90. The number of hydrogen-bond acceptors (Lipinski definition) is 8. The first-order valence-corrected chi connectivity index (χ1v) is 10.6. The Hall–Kier alpha value is -3.63. The summed E-state index contributed by atoms with van der Waals surface area (Å²) in [5, 5.41) is 8.31. The Morgan fingerprint density at radius 3 is 2.42 bits per heavy atom. The summed E-state index contributed by atoms with van der Waals surface area (Å²) in [7, 11) is 0. The molecular formula is C19H19F6N7O4. The number of rotatable bonds is 7. The second-order valence-electron chi connectivity index (χ2n) is 7.76. The quantitative estimate of drug-likeness (QED) is 0.368. The van der Waals surface area contributed by atoms with Crippen molar-refractivity contribution in [3.63, 3.8) is 0 Å². The number of amides is 1. The number of carbonyl (C=O) groups excluding carboxylic acids is 1. The standard InChI is InChI=1S/C19H19F6N7O4/c20-18(21,22)12-10-26-17(36-12)31-4-2-30(3-5-31)13(33)1-7-35-8-6-32-11-9-27-28-16(34)14(11)15(29-32)19(23,24)25/h9-10H,1-8H2,(H,28,34). The molecule has 4 heterocycles. The van der Waals surface area contributed by atoms with Gasteiger partial charge in [0, 0.05) is 26.2 Å². The highest BCUT2D eigenvalue weighted by atomic mass is 19.4. The van der Waals surface area contributed by atoms with Gasteiger partial charge in [-0.3, -0.25) is 14.3 Å². The van der Waals surface area contributed by atoms with Gasteiger partial charge in [0.25, 0.3) is 11.6 Å². The average molecular weight is 523 g/mol. The Balaban J connectivity index is 1.23. The molecule has 36 heavy (non-hydrogen) atoms. The summed E-state index contributed by atoms with van der Waals surface area (Å²) >= 11 is 0. The number of anilines is 1. The van der Waals surface area contributed by atoms with Crippen LogP contribution in [0.1, 0.15) is 17.9 Å². The van der Waals surface area contributed by atoms with Crippen molar-refractivity contribution in [1.29, 1.82) is 0 Å². The Labute approximate surface area is 197 Å². The largest absolute Gasteiger partial charge is 0.451 e. The number of oxazole rings is 1. The molecule has 3 aromatic rings. The summed E-state index contributed by atoms with van der Waals surface area (Å²) in [6, 6.07) is -0.172. The number of H-pyrrole nitrogens is 1. The van der Waals surface area contributed by atoms with Gasteiger partial charge < -0.3 is 19.0 Å². The molecule has 0 atom stereocenters. The van der Waals surface area contributed by atoms with Gasteiger partial charge in [0.15, 0.2) is 5.69 Å². The maximum absolute atomic E-state index is 13.2. The van der Waals surface area contributed by atoms with Crippen molar-refractivity contribution in [3.05, 3.63) is 34.2 Å². The van der Waals surface area contributed by atoms with Crippen LogP contribution in [0.2, 0.25) is 0 Å². The van der Waals surface area contributed by atoms with E-state index in [1.54, 1.807) is 0 Å². The lowest BCUT2D eigenvalue weighted by Crippen LogP contribution is -2.49. The fourth-order valence-electron chi connectivity index (χ4n) is 3.67. The molecule has 3 aromatic heterocycles. The number of alkyl halides is 6. The van der Waals surface area contributed by atoms with E-state index < -0.39 is 34.8 Å². The molecule has 0 bridgehead atoms. The van der Waals surface area contributed by atoms with Gasteiger partial charge in [0.05, 0.1) is 44.1 Å². The Morgan fingerprint density at radius 2 is 1.78 bits per heavy atom. The van der Waals surface area contributed by atoms with Crippen molar-refractivity contribution in [2.75, 3.05) is 44.3 Å². The summed E-state index contributed by atoms with van der Waals surface area (Å²) in [6.45, 7) is 0.732. The van der Waals surface area contributed by atoms with Gasteiger partial charge in [-0.2, -0.15) is 36.5 Å². The molecule has 1 aliphatic heterocycles. The monoisotopic (exact) mass is 523 g/mol. The molecule has 1 aliphatic rings. The fraction of sp³-hybridized carbons (Fsp3) is 0.526. The third-order valence-electron chi connectivity index (χ3n) is 5.42. The van der Waals surface area contributed by atoms with Crippen LogP contribution in [-0.2, 0) is 28.4 Å². The fourth-order valence-corrected chi connectivity index (χ4v) is 3.67. The van der Waals surface area contributed by atoms with Crippen LogP contribution in [-0.4, -0.2) is 75.2 Å². The molecule has 11 nitrogen and oxygen atoms in total. The van der Waals surface area contributed by atoms with Gasteiger partial charge in [0.2, 0.25) is 11.7 Å². The lowest BCUT2D eigenvalue weighted by atomic mass is 10.2. The first-order chi connectivity index (χ1) is 16.9. The minimum atomic E-state index is -4.83. The Bertz CT molecular complexity index is 1270. The van der Waals surface area contributed by atoms with Gasteiger partial charge in [-0.1, -0.05) is 0 Å². The summed E-state index contributed by atoms with van der Waals surface area (Å²) in [4.78, 5) is 30.8. The number of ether oxygens (including phenoxy) is 1. The number of hydrogen-bond donors (Lipinski definition) is 1. The zero-order chi connectivity index (χ0) is 26.1. The zero-order valence-corrected chi connectivity index (χ0v) is 18.4. The van der Waals surface area contributed by atoms with Crippen molar-refractivity contribution in [2.45, 2.75) is 25.3 Å². The van der Waals surface area contributed by atoms with Crippen molar-refractivity contribution in [1.82, 2.24) is 29.9 Å². The van der Waals surface area contributed by atoms with Crippen molar-refractivity contribution < 1.29 is 40.3 Å². The van der Waals surface area contributed by atoms with Crippen LogP contribution in [0, 0.1) is 0 Å². The number of aromatic nitrogens is 5. The predicted molar refractivity (Wildman–Crippen MR) is 109 cm³/mol. The Kier molecular flexibility index (Phi) is 6.92. The van der Waals surface area contributed by atoms with Gasteiger partial charge in [-0.15, -0.1) is 0 Å². The number of piperazine rings is 1. The number of aromatic amines is 1. The molecule has 0 radical (unpaired) electrons. The maximum atomic E-state index is 13.2. The summed E-state index contributed by atoms with van der Waals surface area (Å²) in [5.74, 6) is -1.45. The van der Waals surface area contributed by atoms with E-state index in [0.29, 0.717) is 6.20 Å². The van der Waals surface area contributed by atoms with Crippen molar-refractivity contribution in [3.8, 4) is 0 Å². The molecule has 0 unspecified atom stereocenters. The van der Waals surface area contributed by atoms with Gasteiger partial charge in [0.1, 0.15) is 5.39 Å². The molecule has 196 valence electrons. The SMILES string of the molecule is O=C(CCOCCn1nc(C(F)(F)F)c2c(=O)[nH]ncc21)N1CCN(c2ncc(C(F)(F)F)o2)CC1. The van der Waals surface area contributed by atoms with Crippen molar-refractivity contribution in [2.24, 2.45) is 0 Å². The van der Waals surface area contributed by atoms with E-state index in [1.165, 1.54) is 9.80 Å². The molecule has 17 heteroatoms. The van der Waals surface area contributed by atoms with Crippen LogP contribution in [0.25, 0.3) is 10.9 Å². The summed E-state index contributed by atoms with van der Waals surface area (Å²) in [5.41, 5.74) is -2.44. The van der Waals surface area contributed by atoms with E-state index in [9.17, 15) is 35.9 Å². The highest BCUT2D eigenvalue weighted by Crippen LogP contribution is 2.33. The van der Waals surface area contributed by atoms with Crippen LogP contribution in [0.15, 0.2) is 21.6 Å². The lowest BCUT2D eigenvalue weighted by Gasteiger charge is -2.33. The molecule has 0 aliphatic carbocycles. The van der Waals surface area contributed by atoms with Crippen molar-refractivity contribution >= 4 is 22.8 Å². The normalized spacial score (nSPS) is 15.2. The summed E-state index contributed by atoms with van der Waals surface area (Å²) in [6.07, 6.45) is -7.81. The van der Waals surface area contributed by atoms with Crippen LogP contribution in [0.5, 0.6) is 0 Å². The number of nitrogens with zero attached hydrogens (tertiary/aromatic N) is 6. The third kappa shape index (κ3) is 5.44. The molecule has 1 amide bonds. The van der Waals surface area contributed by atoms with E-state index in [4.69, 9.17) is 9.15 Å². The molecule has 0 spiro atoms. The maximum Gasteiger partial charge on any atom is 0.451 e. The van der Waals surface area contributed by atoms with E-state index in [1.807, 2.05) is 5.10 Å². The Morgan fingerprint density at radius 1 is 1.06 bits per heavy atom. The molecule has 1 fully saturated rings. The average Bonchev–Trinajstić information content (AvgIpc) is 3.45. The van der Waals surface area contributed by atoms with Gasteiger partial charge in [-0.25, -0.2) is 10.1 Å². The molecule has 1 N–H and O–H groups in total. The van der Waals surface area contributed by atoms with E-state index in [-0.39, 0.29) is 69.8 Å². The third-order valence-corrected chi connectivity index (χ3v) is 5.42. The highest BCUT2D eigenvalue weighted by Gasteiger charge is 2.38.